The molecule has 0 amide bonds. The van der Waals surface area contributed by atoms with Crippen LogP contribution >= 0.6 is 0 Å². The fourth-order valence-corrected chi connectivity index (χ4v) is 6.28. The number of esters is 4. The molecule has 0 aromatic carbocycles. The maximum absolute atomic E-state index is 12.0. The lowest BCUT2D eigenvalue weighted by Crippen LogP contribution is -2.12. The molecule has 0 aromatic rings. The monoisotopic (exact) mass is 679 g/mol. The second-order valence-corrected chi connectivity index (χ2v) is 14.3. The van der Waals surface area contributed by atoms with Crippen molar-refractivity contribution in [2.24, 2.45) is 0 Å². The van der Waals surface area contributed by atoms with Gasteiger partial charge >= 0.3 is 23.9 Å². The standard InChI is InChI=1S/C42H78O6/c1-3-5-7-9-11-13-15-17-19-21-23-27-31-35-39(43)47-41(45)37-33-29-25-26-30-34-38-42(46)48-40(44)36-32-28-24-22-20-18-16-14-12-10-8-6-4-2/h3-38H2,1-2H3. The number of rotatable bonds is 37. The Labute approximate surface area is 297 Å². The molecule has 0 aromatic heterocycles. The van der Waals surface area contributed by atoms with E-state index in [0.717, 1.165) is 64.2 Å². The maximum atomic E-state index is 12.0. The third-order valence-corrected chi connectivity index (χ3v) is 9.44. The molecule has 0 saturated carbocycles. The van der Waals surface area contributed by atoms with Gasteiger partial charge in [0.05, 0.1) is 0 Å². The van der Waals surface area contributed by atoms with E-state index >= 15 is 0 Å². The van der Waals surface area contributed by atoms with Gasteiger partial charge in [-0.25, -0.2) is 0 Å². The van der Waals surface area contributed by atoms with Gasteiger partial charge < -0.3 is 9.47 Å². The molecular weight excluding hydrogens is 600 g/mol. The Balaban J connectivity index is 3.44. The first kappa shape index (κ1) is 46.3. The van der Waals surface area contributed by atoms with Gasteiger partial charge in [-0.2, -0.15) is 0 Å². The summed E-state index contributed by atoms with van der Waals surface area (Å²) in [5, 5.41) is 0. The summed E-state index contributed by atoms with van der Waals surface area (Å²) in [7, 11) is 0. The van der Waals surface area contributed by atoms with Crippen molar-refractivity contribution in [1.82, 2.24) is 0 Å². The molecule has 0 spiro atoms. The number of carbonyl (C=O) groups excluding carboxylic acids is 4. The Kier molecular flexibility index (Phi) is 36.7. The highest BCUT2D eigenvalue weighted by Gasteiger charge is 2.11. The molecule has 0 fully saturated rings. The van der Waals surface area contributed by atoms with Gasteiger partial charge in [-0.15, -0.1) is 0 Å². The van der Waals surface area contributed by atoms with E-state index in [9.17, 15) is 19.2 Å². The maximum Gasteiger partial charge on any atom is 0.313 e. The molecule has 0 aliphatic rings. The van der Waals surface area contributed by atoms with Crippen LogP contribution in [0.25, 0.3) is 0 Å². The van der Waals surface area contributed by atoms with E-state index in [2.05, 4.69) is 13.8 Å². The molecule has 0 aliphatic heterocycles. The number of hydrogen-bond acceptors (Lipinski definition) is 6. The Hall–Kier alpha value is -1.72. The zero-order valence-corrected chi connectivity index (χ0v) is 31.9. The summed E-state index contributed by atoms with van der Waals surface area (Å²) in [6, 6.07) is 0. The summed E-state index contributed by atoms with van der Waals surface area (Å²) in [6.07, 6.45) is 39.0. The van der Waals surface area contributed by atoms with E-state index in [0.29, 0.717) is 25.7 Å². The number of carbonyl (C=O) groups is 4. The van der Waals surface area contributed by atoms with Crippen molar-refractivity contribution in [2.45, 2.75) is 245 Å². The number of unbranched alkanes of at least 4 members (excludes halogenated alkanes) is 29. The van der Waals surface area contributed by atoms with Crippen molar-refractivity contribution in [3.63, 3.8) is 0 Å². The first-order valence-electron chi connectivity index (χ1n) is 21.0. The first-order chi connectivity index (χ1) is 23.5. The predicted molar refractivity (Wildman–Crippen MR) is 200 cm³/mol. The van der Waals surface area contributed by atoms with Crippen LogP contribution in [0, 0.1) is 0 Å². The molecule has 0 radical (unpaired) electrons. The minimum Gasteiger partial charge on any atom is -0.393 e. The van der Waals surface area contributed by atoms with Crippen molar-refractivity contribution in [1.29, 1.82) is 0 Å². The van der Waals surface area contributed by atoms with Crippen molar-refractivity contribution in [3.05, 3.63) is 0 Å². The summed E-state index contributed by atoms with van der Waals surface area (Å²) >= 11 is 0. The van der Waals surface area contributed by atoms with Crippen molar-refractivity contribution in [3.8, 4) is 0 Å². The smallest absolute Gasteiger partial charge is 0.313 e. The minimum absolute atomic E-state index is 0.276. The molecule has 0 rings (SSSR count). The van der Waals surface area contributed by atoms with E-state index in [1.807, 2.05) is 0 Å². The Morgan fingerprint density at radius 3 is 0.562 bits per heavy atom. The van der Waals surface area contributed by atoms with Crippen LogP contribution < -0.4 is 0 Å². The van der Waals surface area contributed by atoms with Crippen molar-refractivity contribution in [2.75, 3.05) is 0 Å². The van der Waals surface area contributed by atoms with Gasteiger partial charge in [-0.1, -0.05) is 194 Å². The van der Waals surface area contributed by atoms with Gasteiger partial charge in [0, 0.05) is 25.7 Å². The summed E-state index contributed by atoms with van der Waals surface area (Å²) in [6.45, 7) is 4.51. The third kappa shape index (κ3) is 37.1. The Morgan fingerprint density at radius 1 is 0.250 bits per heavy atom. The van der Waals surface area contributed by atoms with Crippen LogP contribution in [0.2, 0.25) is 0 Å². The molecule has 6 heteroatoms. The molecule has 282 valence electrons. The van der Waals surface area contributed by atoms with Gasteiger partial charge in [0.15, 0.2) is 0 Å². The summed E-state index contributed by atoms with van der Waals surface area (Å²) < 4.78 is 9.95. The van der Waals surface area contributed by atoms with Crippen molar-refractivity contribution >= 4 is 23.9 Å². The topological polar surface area (TPSA) is 86.7 Å². The zero-order valence-electron chi connectivity index (χ0n) is 31.9. The lowest BCUT2D eigenvalue weighted by Gasteiger charge is -2.05. The highest BCUT2D eigenvalue weighted by Crippen LogP contribution is 2.15. The second-order valence-electron chi connectivity index (χ2n) is 14.3. The molecule has 0 unspecified atom stereocenters. The molecule has 0 saturated heterocycles. The second kappa shape index (κ2) is 38.1. The average molecular weight is 679 g/mol. The summed E-state index contributed by atoms with van der Waals surface area (Å²) in [5.74, 6) is -1.61. The van der Waals surface area contributed by atoms with E-state index in [1.165, 1.54) is 128 Å². The van der Waals surface area contributed by atoms with Gasteiger partial charge in [0.2, 0.25) is 0 Å². The fraction of sp³-hybridized carbons (Fsp3) is 0.905. The zero-order chi connectivity index (χ0) is 35.2. The van der Waals surface area contributed by atoms with Crippen LogP contribution in [0.3, 0.4) is 0 Å². The highest BCUT2D eigenvalue weighted by atomic mass is 16.6. The minimum atomic E-state index is -0.416. The van der Waals surface area contributed by atoms with Crippen LogP contribution in [0.5, 0.6) is 0 Å². The highest BCUT2D eigenvalue weighted by molar-refractivity contribution is 5.85. The fourth-order valence-electron chi connectivity index (χ4n) is 6.28. The summed E-state index contributed by atoms with van der Waals surface area (Å²) in [5.41, 5.74) is 0. The summed E-state index contributed by atoms with van der Waals surface area (Å²) in [4.78, 5) is 47.8. The van der Waals surface area contributed by atoms with Gasteiger partial charge in [0.1, 0.15) is 0 Å². The Bertz CT molecular complexity index is 686. The SMILES string of the molecule is CCCCCCCCCCCCCCCC(=O)OC(=O)CCCCCCCCC(=O)OC(=O)CCCCCCCCCCCCCCC. The van der Waals surface area contributed by atoms with Crippen LogP contribution in [0.15, 0.2) is 0 Å². The van der Waals surface area contributed by atoms with Crippen LogP contribution in [0.4, 0.5) is 0 Å². The largest absolute Gasteiger partial charge is 0.393 e. The molecule has 48 heavy (non-hydrogen) atoms. The van der Waals surface area contributed by atoms with Gasteiger partial charge in [0.25, 0.3) is 0 Å². The molecular formula is C42H78O6. The van der Waals surface area contributed by atoms with E-state index in [1.54, 1.807) is 0 Å². The van der Waals surface area contributed by atoms with Gasteiger partial charge in [-0.05, 0) is 25.7 Å². The average Bonchev–Trinajstić information content (AvgIpc) is 3.06. The molecule has 0 atom stereocenters. The first-order valence-corrected chi connectivity index (χ1v) is 21.0. The van der Waals surface area contributed by atoms with Crippen LogP contribution in [0.1, 0.15) is 245 Å². The lowest BCUT2D eigenvalue weighted by atomic mass is 10.0. The molecule has 0 heterocycles. The van der Waals surface area contributed by atoms with E-state index in [4.69, 9.17) is 9.47 Å². The number of ether oxygens (including phenoxy) is 2. The number of hydrogen-bond donors (Lipinski definition) is 0. The normalized spacial score (nSPS) is 11.1. The third-order valence-electron chi connectivity index (χ3n) is 9.44. The van der Waals surface area contributed by atoms with Crippen molar-refractivity contribution < 1.29 is 28.7 Å². The molecule has 0 aliphatic carbocycles. The Morgan fingerprint density at radius 2 is 0.396 bits per heavy atom. The van der Waals surface area contributed by atoms with E-state index < -0.39 is 23.9 Å². The predicted octanol–water partition coefficient (Wildman–Crippen LogP) is 13.2. The quantitative estimate of drug-likeness (QED) is 0.0369. The van der Waals surface area contributed by atoms with E-state index in [-0.39, 0.29) is 12.8 Å². The molecule has 0 bridgehead atoms. The van der Waals surface area contributed by atoms with Gasteiger partial charge in [-0.3, -0.25) is 19.2 Å². The van der Waals surface area contributed by atoms with Crippen LogP contribution in [-0.4, -0.2) is 23.9 Å². The van der Waals surface area contributed by atoms with Crippen LogP contribution in [-0.2, 0) is 28.7 Å². The molecule has 0 N–H and O–H groups in total. The lowest BCUT2D eigenvalue weighted by molar-refractivity contribution is -0.161. The molecule has 6 nitrogen and oxygen atoms in total.